The lowest BCUT2D eigenvalue weighted by atomic mass is 10.0. The summed E-state index contributed by atoms with van der Waals surface area (Å²) in [6.07, 6.45) is 5.26. The van der Waals surface area contributed by atoms with Crippen molar-refractivity contribution in [2.24, 2.45) is 0 Å². The van der Waals surface area contributed by atoms with Gasteiger partial charge in [0, 0.05) is 19.0 Å². The summed E-state index contributed by atoms with van der Waals surface area (Å²) >= 11 is 0. The van der Waals surface area contributed by atoms with E-state index in [1.807, 2.05) is 11.8 Å². The Bertz CT molecular complexity index is 144. The Morgan fingerprint density at radius 1 is 1.55 bits per heavy atom. The van der Waals surface area contributed by atoms with Crippen molar-refractivity contribution in [2.45, 2.75) is 39.2 Å². The van der Waals surface area contributed by atoms with Gasteiger partial charge in [-0.2, -0.15) is 0 Å². The third-order valence-corrected chi connectivity index (χ3v) is 2.33. The summed E-state index contributed by atoms with van der Waals surface area (Å²) < 4.78 is 0. The van der Waals surface area contributed by atoms with Crippen molar-refractivity contribution in [1.82, 2.24) is 4.90 Å². The van der Waals surface area contributed by atoms with Gasteiger partial charge >= 0.3 is 0 Å². The van der Waals surface area contributed by atoms with Crippen LogP contribution in [0.5, 0.6) is 0 Å². The first-order valence-electron chi connectivity index (χ1n) is 4.35. The Labute approximate surface area is 68.6 Å². The number of nitrogens with zero attached hydrogens (tertiary/aromatic N) is 1. The van der Waals surface area contributed by atoms with Crippen LogP contribution in [-0.2, 0) is 4.79 Å². The van der Waals surface area contributed by atoms with E-state index in [0.29, 0.717) is 6.04 Å². The number of rotatable bonds is 1. The molecule has 0 N–H and O–H groups in total. The normalized spacial score (nSPS) is 25.3. The molecule has 2 heteroatoms. The van der Waals surface area contributed by atoms with Gasteiger partial charge < -0.3 is 4.90 Å². The van der Waals surface area contributed by atoms with Gasteiger partial charge in [-0.25, -0.2) is 0 Å². The van der Waals surface area contributed by atoms with Gasteiger partial charge in [0.2, 0.25) is 5.91 Å². The van der Waals surface area contributed by atoms with Crippen LogP contribution in [0.25, 0.3) is 0 Å². The standard InChI is InChI=1S/C9H16NO/c1-3-9(11)10-7-5-4-6-8(10)2/h3,8H,4-7H2,1-2H3. The molecule has 1 saturated heterocycles. The Morgan fingerprint density at radius 3 is 2.82 bits per heavy atom. The van der Waals surface area contributed by atoms with Crippen molar-refractivity contribution >= 4 is 5.91 Å². The van der Waals surface area contributed by atoms with Crippen LogP contribution in [0.15, 0.2) is 0 Å². The minimum atomic E-state index is 0.192. The lowest BCUT2D eigenvalue weighted by Crippen LogP contribution is -2.41. The lowest BCUT2D eigenvalue weighted by Gasteiger charge is -2.33. The van der Waals surface area contributed by atoms with Crippen molar-refractivity contribution in [3.63, 3.8) is 0 Å². The molecule has 1 aliphatic rings. The molecule has 1 heterocycles. The SMILES string of the molecule is C[CH]C(=O)N1CCCCC1C. The van der Waals surface area contributed by atoms with E-state index in [1.165, 1.54) is 19.3 Å². The van der Waals surface area contributed by atoms with E-state index in [-0.39, 0.29) is 5.91 Å². The molecule has 0 saturated carbocycles. The zero-order chi connectivity index (χ0) is 8.27. The number of amides is 1. The van der Waals surface area contributed by atoms with E-state index < -0.39 is 0 Å². The second-order valence-corrected chi connectivity index (χ2v) is 3.17. The van der Waals surface area contributed by atoms with Crippen LogP contribution in [0.1, 0.15) is 33.1 Å². The Kier molecular flexibility index (Phi) is 2.92. The molecule has 1 amide bonds. The summed E-state index contributed by atoms with van der Waals surface area (Å²) in [5, 5.41) is 0. The van der Waals surface area contributed by atoms with Crippen LogP contribution < -0.4 is 0 Å². The highest BCUT2D eigenvalue weighted by atomic mass is 16.2. The first-order chi connectivity index (χ1) is 5.25. The molecule has 1 rings (SSSR count). The minimum absolute atomic E-state index is 0.192. The van der Waals surface area contributed by atoms with Gasteiger partial charge in [0.25, 0.3) is 0 Å². The fourth-order valence-electron chi connectivity index (χ4n) is 1.59. The molecule has 0 aromatic heterocycles. The number of piperidine rings is 1. The van der Waals surface area contributed by atoms with Crippen molar-refractivity contribution in [3.8, 4) is 0 Å². The average molecular weight is 154 g/mol. The van der Waals surface area contributed by atoms with E-state index in [0.717, 1.165) is 6.54 Å². The highest BCUT2D eigenvalue weighted by Crippen LogP contribution is 2.16. The summed E-state index contributed by atoms with van der Waals surface area (Å²) in [6.45, 7) is 4.88. The summed E-state index contributed by atoms with van der Waals surface area (Å²) in [4.78, 5) is 13.2. The summed E-state index contributed by atoms with van der Waals surface area (Å²) in [6, 6.07) is 0.451. The van der Waals surface area contributed by atoms with Crippen molar-refractivity contribution in [2.75, 3.05) is 6.54 Å². The van der Waals surface area contributed by atoms with Gasteiger partial charge in [0.05, 0.1) is 0 Å². The molecule has 0 aromatic carbocycles. The molecule has 63 valence electrons. The second kappa shape index (κ2) is 3.74. The zero-order valence-corrected chi connectivity index (χ0v) is 7.34. The van der Waals surface area contributed by atoms with Crippen LogP contribution in [0, 0.1) is 6.42 Å². The van der Waals surface area contributed by atoms with Gasteiger partial charge in [-0.15, -0.1) is 0 Å². The second-order valence-electron chi connectivity index (χ2n) is 3.17. The molecular formula is C9H16NO. The number of likely N-dealkylation sites (tertiary alicyclic amines) is 1. The summed E-state index contributed by atoms with van der Waals surface area (Å²) in [5.41, 5.74) is 0. The molecule has 2 nitrogen and oxygen atoms in total. The third-order valence-electron chi connectivity index (χ3n) is 2.33. The molecule has 1 radical (unpaired) electrons. The fourth-order valence-corrected chi connectivity index (χ4v) is 1.59. The van der Waals surface area contributed by atoms with Crippen LogP contribution in [-0.4, -0.2) is 23.4 Å². The number of carbonyl (C=O) groups excluding carboxylic acids is 1. The highest BCUT2D eigenvalue weighted by Gasteiger charge is 2.21. The van der Waals surface area contributed by atoms with Crippen LogP contribution in [0.4, 0.5) is 0 Å². The topological polar surface area (TPSA) is 20.3 Å². The smallest absolute Gasteiger partial charge is 0.226 e. The van der Waals surface area contributed by atoms with E-state index in [4.69, 9.17) is 0 Å². The molecule has 1 atom stereocenters. The van der Waals surface area contributed by atoms with Crippen molar-refractivity contribution < 1.29 is 4.79 Å². The number of hydrogen-bond donors (Lipinski definition) is 0. The van der Waals surface area contributed by atoms with Gasteiger partial charge in [0.1, 0.15) is 0 Å². The van der Waals surface area contributed by atoms with E-state index in [9.17, 15) is 4.79 Å². The molecule has 1 fully saturated rings. The minimum Gasteiger partial charge on any atom is -0.340 e. The largest absolute Gasteiger partial charge is 0.340 e. The zero-order valence-electron chi connectivity index (χ0n) is 7.34. The number of carbonyl (C=O) groups is 1. The van der Waals surface area contributed by atoms with Gasteiger partial charge in [-0.05, 0) is 26.2 Å². The molecule has 0 bridgehead atoms. The molecule has 0 aromatic rings. The number of hydrogen-bond acceptors (Lipinski definition) is 1. The van der Waals surface area contributed by atoms with Crippen LogP contribution in [0.2, 0.25) is 0 Å². The van der Waals surface area contributed by atoms with Gasteiger partial charge in [0.15, 0.2) is 0 Å². The summed E-state index contributed by atoms with van der Waals surface area (Å²) in [7, 11) is 0. The van der Waals surface area contributed by atoms with E-state index in [1.54, 1.807) is 6.42 Å². The van der Waals surface area contributed by atoms with Gasteiger partial charge in [-0.1, -0.05) is 6.92 Å². The van der Waals surface area contributed by atoms with E-state index >= 15 is 0 Å². The van der Waals surface area contributed by atoms with Gasteiger partial charge in [-0.3, -0.25) is 4.79 Å². The first-order valence-corrected chi connectivity index (χ1v) is 4.35. The van der Waals surface area contributed by atoms with Crippen LogP contribution in [0.3, 0.4) is 0 Å². The molecular weight excluding hydrogens is 138 g/mol. The first kappa shape index (κ1) is 8.57. The van der Waals surface area contributed by atoms with E-state index in [2.05, 4.69) is 6.92 Å². The predicted molar refractivity (Wildman–Crippen MR) is 45.0 cm³/mol. The Hall–Kier alpha value is -0.530. The fraction of sp³-hybridized carbons (Fsp3) is 0.778. The lowest BCUT2D eigenvalue weighted by molar-refractivity contribution is -0.130. The molecule has 1 unspecified atom stereocenters. The molecule has 11 heavy (non-hydrogen) atoms. The maximum Gasteiger partial charge on any atom is 0.226 e. The molecule has 0 spiro atoms. The Morgan fingerprint density at radius 2 is 2.27 bits per heavy atom. The van der Waals surface area contributed by atoms with Crippen molar-refractivity contribution in [3.05, 3.63) is 6.42 Å². The summed E-state index contributed by atoms with van der Waals surface area (Å²) in [5.74, 6) is 0.192. The monoisotopic (exact) mass is 154 g/mol. The molecule has 1 aliphatic heterocycles. The average Bonchev–Trinajstić information content (AvgIpc) is 2.04. The highest BCUT2D eigenvalue weighted by molar-refractivity contribution is 5.84. The van der Waals surface area contributed by atoms with Crippen molar-refractivity contribution in [1.29, 1.82) is 0 Å². The molecule has 0 aliphatic carbocycles. The Balaban J connectivity index is 2.47. The quantitative estimate of drug-likeness (QED) is 0.562. The van der Waals surface area contributed by atoms with Crippen LogP contribution >= 0.6 is 0 Å². The maximum absolute atomic E-state index is 11.2. The third kappa shape index (κ3) is 1.95. The predicted octanol–water partition coefficient (Wildman–Crippen LogP) is 1.61. The maximum atomic E-state index is 11.2.